The van der Waals surface area contributed by atoms with Gasteiger partial charge in [0.2, 0.25) is 5.91 Å². The number of halogens is 2. The number of benzene rings is 1. The zero-order chi connectivity index (χ0) is 14.1. The number of amides is 1. The van der Waals surface area contributed by atoms with E-state index in [2.05, 4.69) is 21.2 Å². The van der Waals surface area contributed by atoms with Crippen LogP contribution in [0.5, 0.6) is 0 Å². The van der Waals surface area contributed by atoms with E-state index in [0.29, 0.717) is 4.47 Å². The highest BCUT2D eigenvalue weighted by molar-refractivity contribution is 9.10. The topological polar surface area (TPSA) is 63.2 Å². The molecule has 0 aliphatic carbocycles. The minimum atomic E-state index is -3.59. The average Bonchev–Trinajstić information content (AvgIpc) is 2.20. The van der Waals surface area contributed by atoms with Crippen LogP contribution in [0, 0.1) is 5.82 Å². The van der Waals surface area contributed by atoms with Gasteiger partial charge in [-0.25, -0.2) is 12.8 Å². The van der Waals surface area contributed by atoms with E-state index in [4.69, 9.17) is 0 Å². The summed E-state index contributed by atoms with van der Waals surface area (Å²) in [6, 6.07) is 4.09. The van der Waals surface area contributed by atoms with Crippen LogP contribution in [0.15, 0.2) is 22.7 Å². The molecule has 4 nitrogen and oxygen atoms in total. The molecule has 7 heteroatoms. The molecule has 1 amide bonds. The van der Waals surface area contributed by atoms with E-state index in [1.807, 2.05) is 0 Å². The van der Waals surface area contributed by atoms with E-state index in [-0.39, 0.29) is 5.69 Å². The standard InChI is InChI=1S/C11H13BrFNO3S/c1-11(2,18(3,16)17)10(15)14-9-5-4-7(12)6-8(9)13/h4-6H,1-3H3,(H,14,15). The van der Waals surface area contributed by atoms with Crippen molar-refractivity contribution in [2.75, 3.05) is 11.6 Å². The number of sulfone groups is 1. The van der Waals surface area contributed by atoms with Crippen molar-refractivity contribution < 1.29 is 17.6 Å². The molecule has 0 saturated carbocycles. The summed E-state index contributed by atoms with van der Waals surface area (Å²) in [6.45, 7) is 2.54. The van der Waals surface area contributed by atoms with Crippen LogP contribution in [0.4, 0.5) is 10.1 Å². The lowest BCUT2D eigenvalue weighted by molar-refractivity contribution is -0.117. The summed E-state index contributed by atoms with van der Waals surface area (Å²) < 4.78 is 35.3. The molecule has 1 N–H and O–H groups in total. The Morgan fingerprint density at radius 2 is 1.94 bits per heavy atom. The van der Waals surface area contributed by atoms with Crippen LogP contribution in [0.2, 0.25) is 0 Å². The van der Waals surface area contributed by atoms with Gasteiger partial charge in [0.25, 0.3) is 0 Å². The van der Waals surface area contributed by atoms with Gasteiger partial charge in [-0.05, 0) is 32.0 Å². The molecule has 0 bridgehead atoms. The van der Waals surface area contributed by atoms with Gasteiger partial charge >= 0.3 is 0 Å². The Bertz CT molecular complexity index is 584. The van der Waals surface area contributed by atoms with Gasteiger partial charge in [0.15, 0.2) is 9.84 Å². The van der Waals surface area contributed by atoms with Crippen molar-refractivity contribution in [1.29, 1.82) is 0 Å². The number of carbonyl (C=O) groups is 1. The summed E-state index contributed by atoms with van der Waals surface area (Å²) in [6.07, 6.45) is 0.963. The van der Waals surface area contributed by atoms with Gasteiger partial charge in [-0.1, -0.05) is 15.9 Å². The molecule has 0 unspecified atom stereocenters. The van der Waals surface area contributed by atoms with Gasteiger partial charge < -0.3 is 5.32 Å². The van der Waals surface area contributed by atoms with E-state index in [1.54, 1.807) is 6.07 Å². The van der Waals surface area contributed by atoms with Crippen LogP contribution in [0.25, 0.3) is 0 Å². The van der Waals surface area contributed by atoms with E-state index >= 15 is 0 Å². The normalized spacial score (nSPS) is 12.3. The number of hydrogen-bond acceptors (Lipinski definition) is 3. The Hall–Kier alpha value is -0.950. The number of rotatable bonds is 3. The Labute approximate surface area is 114 Å². The first kappa shape index (κ1) is 15.1. The molecular weight excluding hydrogens is 325 g/mol. The first-order chi connectivity index (χ1) is 8.05. The highest BCUT2D eigenvalue weighted by Gasteiger charge is 2.38. The molecule has 0 aliphatic rings. The second kappa shape index (κ2) is 4.97. The van der Waals surface area contributed by atoms with Gasteiger partial charge in [0, 0.05) is 10.7 Å². The highest BCUT2D eigenvalue weighted by Crippen LogP contribution is 2.22. The number of nitrogens with one attached hydrogen (secondary N) is 1. The van der Waals surface area contributed by atoms with E-state index < -0.39 is 26.3 Å². The molecule has 100 valence electrons. The van der Waals surface area contributed by atoms with Gasteiger partial charge in [-0.15, -0.1) is 0 Å². The Kier molecular flexibility index (Phi) is 4.17. The predicted molar refractivity (Wildman–Crippen MR) is 71.7 cm³/mol. The molecule has 1 rings (SSSR count). The maximum absolute atomic E-state index is 13.5. The average molecular weight is 338 g/mol. The third kappa shape index (κ3) is 3.08. The third-order valence-corrected chi connectivity index (χ3v) is 5.19. The van der Waals surface area contributed by atoms with Crippen LogP contribution in [-0.2, 0) is 14.6 Å². The first-order valence-corrected chi connectivity index (χ1v) is 7.70. The van der Waals surface area contributed by atoms with E-state index in [0.717, 1.165) is 6.26 Å². The molecule has 0 fully saturated rings. The summed E-state index contributed by atoms with van der Waals surface area (Å²) in [7, 11) is -3.59. The third-order valence-electron chi connectivity index (χ3n) is 2.65. The van der Waals surface area contributed by atoms with Crippen molar-refractivity contribution in [2.24, 2.45) is 0 Å². The molecule has 0 saturated heterocycles. The van der Waals surface area contributed by atoms with E-state index in [1.165, 1.54) is 26.0 Å². The summed E-state index contributed by atoms with van der Waals surface area (Å²) in [5.41, 5.74) is -0.0556. The minimum Gasteiger partial charge on any atom is -0.322 e. The fourth-order valence-corrected chi connectivity index (χ4v) is 1.75. The monoisotopic (exact) mass is 337 g/mol. The molecule has 0 spiro atoms. The summed E-state index contributed by atoms with van der Waals surface area (Å²) >= 11 is 3.09. The first-order valence-electron chi connectivity index (χ1n) is 5.02. The molecule has 1 aromatic rings. The van der Waals surface area contributed by atoms with Crippen LogP contribution >= 0.6 is 15.9 Å². The number of hydrogen-bond donors (Lipinski definition) is 1. The number of anilines is 1. The second-order valence-electron chi connectivity index (χ2n) is 4.36. The summed E-state index contributed by atoms with van der Waals surface area (Å²) in [5.74, 6) is -1.41. The van der Waals surface area contributed by atoms with Gasteiger partial charge in [0.1, 0.15) is 10.6 Å². The lowest BCUT2D eigenvalue weighted by Gasteiger charge is -2.21. The maximum atomic E-state index is 13.5. The molecule has 0 aromatic heterocycles. The van der Waals surface area contributed by atoms with Crippen molar-refractivity contribution in [2.45, 2.75) is 18.6 Å². The van der Waals surface area contributed by atoms with Crippen molar-refractivity contribution in [1.82, 2.24) is 0 Å². The fraction of sp³-hybridized carbons (Fsp3) is 0.364. The molecule has 0 radical (unpaired) electrons. The number of carbonyl (C=O) groups excluding carboxylic acids is 1. The highest BCUT2D eigenvalue weighted by atomic mass is 79.9. The predicted octanol–water partition coefficient (Wildman–Crippen LogP) is 2.35. The molecule has 0 atom stereocenters. The molecule has 0 aliphatic heterocycles. The van der Waals surface area contributed by atoms with Crippen LogP contribution in [0.1, 0.15) is 13.8 Å². The quantitative estimate of drug-likeness (QED) is 0.920. The summed E-state index contributed by atoms with van der Waals surface area (Å²) in [4.78, 5) is 11.8. The summed E-state index contributed by atoms with van der Waals surface area (Å²) in [5, 5.41) is 2.27. The Morgan fingerprint density at radius 3 is 2.39 bits per heavy atom. The smallest absolute Gasteiger partial charge is 0.245 e. The van der Waals surface area contributed by atoms with Crippen molar-refractivity contribution >= 4 is 37.4 Å². The molecule has 0 heterocycles. The van der Waals surface area contributed by atoms with Crippen LogP contribution in [0.3, 0.4) is 0 Å². The molecular formula is C11H13BrFNO3S. The van der Waals surface area contributed by atoms with E-state index in [9.17, 15) is 17.6 Å². The Balaban J connectivity index is 3.02. The minimum absolute atomic E-state index is 0.0556. The Morgan fingerprint density at radius 1 is 1.39 bits per heavy atom. The van der Waals surface area contributed by atoms with Crippen LogP contribution < -0.4 is 5.32 Å². The van der Waals surface area contributed by atoms with Crippen molar-refractivity contribution in [3.8, 4) is 0 Å². The van der Waals surface area contributed by atoms with Gasteiger partial charge in [-0.2, -0.15) is 0 Å². The van der Waals surface area contributed by atoms with Crippen molar-refractivity contribution in [3.05, 3.63) is 28.5 Å². The fourth-order valence-electron chi connectivity index (χ4n) is 1.03. The molecule has 1 aromatic carbocycles. The molecule has 18 heavy (non-hydrogen) atoms. The zero-order valence-electron chi connectivity index (χ0n) is 10.1. The lowest BCUT2D eigenvalue weighted by atomic mass is 10.2. The largest absolute Gasteiger partial charge is 0.322 e. The van der Waals surface area contributed by atoms with Gasteiger partial charge in [0.05, 0.1) is 5.69 Å². The zero-order valence-corrected chi connectivity index (χ0v) is 12.5. The van der Waals surface area contributed by atoms with Crippen molar-refractivity contribution in [3.63, 3.8) is 0 Å². The van der Waals surface area contributed by atoms with Gasteiger partial charge in [-0.3, -0.25) is 4.79 Å². The van der Waals surface area contributed by atoms with Crippen LogP contribution in [-0.4, -0.2) is 25.3 Å². The maximum Gasteiger partial charge on any atom is 0.245 e. The SMILES string of the molecule is CC(C)(C(=O)Nc1ccc(Br)cc1F)S(C)(=O)=O. The lowest BCUT2D eigenvalue weighted by Crippen LogP contribution is -2.44. The second-order valence-corrected chi connectivity index (χ2v) is 7.84.